The minimum atomic E-state index is -0.419. The van der Waals surface area contributed by atoms with E-state index in [9.17, 15) is 4.39 Å². The SMILES string of the molecule is COCOc1cc(C)cc(F)c1-c1nnc(SC)nc1C. The van der Waals surface area contributed by atoms with Crippen LogP contribution in [-0.2, 0) is 4.74 Å². The van der Waals surface area contributed by atoms with Gasteiger partial charge in [-0.3, -0.25) is 0 Å². The average Bonchev–Trinajstić information content (AvgIpc) is 2.45. The summed E-state index contributed by atoms with van der Waals surface area (Å²) in [6, 6.07) is 3.17. The standard InChI is InChI=1S/C14H16FN3O2S/c1-8-5-10(15)12(11(6-8)20-7-19-3)13-9(2)16-14(21-4)18-17-13/h5-6H,7H2,1-4H3. The van der Waals surface area contributed by atoms with Gasteiger partial charge in [0.15, 0.2) is 6.79 Å². The fourth-order valence-electron chi connectivity index (χ4n) is 1.88. The zero-order chi connectivity index (χ0) is 15.4. The van der Waals surface area contributed by atoms with E-state index in [1.807, 2.05) is 6.26 Å². The van der Waals surface area contributed by atoms with Crippen LogP contribution in [0.3, 0.4) is 0 Å². The van der Waals surface area contributed by atoms with Crippen molar-refractivity contribution in [2.75, 3.05) is 20.2 Å². The van der Waals surface area contributed by atoms with Gasteiger partial charge in [-0.25, -0.2) is 9.37 Å². The molecule has 2 aromatic rings. The summed E-state index contributed by atoms with van der Waals surface area (Å²) in [6.45, 7) is 3.59. The van der Waals surface area contributed by atoms with Crippen molar-refractivity contribution in [2.24, 2.45) is 0 Å². The normalized spacial score (nSPS) is 10.7. The van der Waals surface area contributed by atoms with Crippen molar-refractivity contribution in [1.82, 2.24) is 15.2 Å². The van der Waals surface area contributed by atoms with Gasteiger partial charge in [0, 0.05) is 7.11 Å². The minimum absolute atomic E-state index is 0.0265. The first-order valence-corrected chi connectivity index (χ1v) is 7.46. The lowest BCUT2D eigenvalue weighted by molar-refractivity contribution is 0.0513. The number of halogens is 1. The molecule has 112 valence electrons. The summed E-state index contributed by atoms with van der Waals surface area (Å²) in [5, 5.41) is 8.60. The predicted molar refractivity (Wildman–Crippen MR) is 79.0 cm³/mol. The molecular weight excluding hydrogens is 293 g/mol. The lowest BCUT2D eigenvalue weighted by Crippen LogP contribution is -2.05. The van der Waals surface area contributed by atoms with Gasteiger partial charge in [-0.1, -0.05) is 11.8 Å². The van der Waals surface area contributed by atoms with Crippen molar-refractivity contribution in [1.29, 1.82) is 0 Å². The average molecular weight is 309 g/mol. The molecule has 2 rings (SSSR count). The summed E-state index contributed by atoms with van der Waals surface area (Å²) < 4.78 is 24.7. The fraction of sp³-hybridized carbons (Fsp3) is 0.357. The van der Waals surface area contributed by atoms with E-state index in [0.29, 0.717) is 22.3 Å². The highest BCUT2D eigenvalue weighted by Gasteiger charge is 2.18. The first-order chi connectivity index (χ1) is 10.1. The molecule has 0 radical (unpaired) electrons. The van der Waals surface area contributed by atoms with Crippen LogP contribution in [-0.4, -0.2) is 35.3 Å². The molecule has 0 bridgehead atoms. The molecule has 0 fully saturated rings. The summed E-state index contributed by atoms with van der Waals surface area (Å²) in [4.78, 5) is 4.29. The summed E-state index contributed by atoms with van der Waals surface area (Å²) in [6.07, 6.45) is 1.86. The lowest BCUT2D eigenvalue weighted by Gasteiger charge is -2.13. The predicted octanol–water partition coefficient (Wildman–Crippen LogP) is 3.00. The van der Waals surface area contributed by atoms with Crippen molar-refractivity contribution in [3.8, 4) is 17.0 Å². The highest BCUT2D eigenvalue weighted by atomic mass is 32.2. The zero-order valence-electron chi connectivity index (χ0n) is 12.3. The fourth-order valence-corrected chi connectivity index (χ4v) is 2.23. The Kier molecular flexibility index (Phi) is 5.08. The zero-order valence-corrected chi connectivity index (χ0v) is 13.1. The largest absolute Gasteiger partial charge is 0.467 e. The monoisotopic (exact) mass is 309 g/mol. The van der Waals surface area contributed by atoms with E-state index in [1.165, 1.54) is 24.9 Å². The maximum absolute atomic E-state index is 14.4. The maximum atomic E-state index is 14.4. The number of hydrogen-bond donors (Lipinski definition) is 0. The molecule has 1 heterocycles. The molecule has 0 saturated carbocycles. The second-order valence-electron chi connectivity index (χ2n) is 4.40. The molecule has 0 saturated heterocycles. The number of ether oxygens (including phenoxy) is 2. The maximum Gasteiger partial charge on any atom is 0.209 e. The van der Waals surface area contributed by atoms with Gasteiger partial charge in [-0.2, -0.15) is 0 Å². The first-order valence-electron chi connectivity index (χ1n) is 6.24. The third kappa shape index (κ3) is 3.48. The highest BCUT2D eigenvalue weighted by molar-refractivity contribution is 7.98. The van der Waals surface area contributed by atoms with Crippen LogP contribution in [0, 0.1) is 19.7 Å². The molecule has 1 aromatic heterocycles. The van der Waals surface area contributed by atoms with Crippen LogP contribution in [0.15, 0.2) is 17.3 Å². The molecular formula is C14H16FN3O2S. The van der Waals surface area contributed by atoms with Crippen molar-refractivity contribution >= 4 is 11.8 Å². The first kappa shape index (κ1) is 15.7. The number of hydrogen-bond acceptors (Lipinski definition) is 6. The number of nitrogens with zero attached hydrogens (tertiary/aromatic N) is 3. The molecule has 0 aliphatic carbocycles. The van der Waals surface area contributed by atoms with Crippen molar-refractivity contribution in [3.05, 3.63) is 29.2 Å². The molecule has 0 aliphatic heterocycles. The Morgan fingerprint density at radius 1 is 1.24 bits per heavy atom. The Morgan fingerprint density at radius 2 is 2.00 bits per heavy atom. The van der Waals surface area contributed by atoms with E-state index in [2.05, 4.69) is 15.2 Å². The topological polar surface area (TPSA) is 57.1 Å². The Bertz CT molecular complexity index is 652. The number of aryl methyl sites for hydroxylation is 2. The van der Waals surface area contributed by atoms with E-state index in [-0.39, 0.29) is 12.4 Å². The van der Waals surface area contributed by atoms with Gasteiger partial charge < -0.3 is 9.47 Å². The molecule has 1 aromatic carbocycles. The molecule has 0 N–H and O–H groups in total. The quantitative estimate of drug-likeness (QED) is 0.625. The summed E-state index contributed by atoms with van der Waals surface area (Å²) in [5.74, 6) is -0.0531. The van der Waals surface area contributed by atoms with Gasteiger partial charge >= 0.3 is 0 Å². The van der Waals surface area contributed by atoms with Gasteiger partial charge in [0.05, 0.1) is 11.3 Å². The molecule has 21 heavy (non-hydrogen) atoms. The molecule has 0 spiro atoms. The lowest BCUT2D eigenvalue weighted by atomic mass is 10.1. The number of methoxy groups -OCH3 is 1. The number of aromatic nitrogens is 3. The van der Waals surface area contributed by atoms with E-state index >= 15 is 0 Å². The van der Waals surface area contributed by atoms with Crippen molar-refractivity contribution in [2.45, 2.75) is 19.0 Å². The second-order valence-corrected chi connectivity index (χ2v) is 5.18. The number of rotatable bonds is 5. The third-order valence-electron chi connectivity index (χ3n) is 2.79. The van der Waals surface area contributed by atoms with Crippen LogP contribution in [0.25, 0.3) is 11.3 Å². The Hall–Kier alpha value is -1.73. The van der Waals surface area contributed by atoms with Crippen LogP contribution in [0.4, 0.5) is 4.39 Å². The van der Waals surface area contributed by atoms with E-state index in [0.717, 1.165) is 5.56 Å². The molecule has 0 unspecified atom stereocenters. The van der Waals surface area contributed by atoms with Crippen LogP contribution in [0.2, 0.25) is 0 Å². The Morgan fingerprint density at radius 3 is 2.62 bits per heavy atom. The van der Waals surface area contributed by atoms with Crippen LogP contribution in [0.5, 0.6) is 5.75 Å². The van der Waals surface area contributed by atoms with E-state index in [1.54, 1.807) is 19.9 Å². The molecule has 0 amide bonds. The smallest absolute Gasteiger partial charge is 0.209 e. The van der Waals surface area contributed by atoms with Gasteiger partial charge in [-0.15, -0.1) is 10.2 Å². The summed E-state index contributed by atoms with van der Waals surface area (Å²) in [5.41, 5.74) is 1.97. The highest BCUT2D eigenvalue weighted by Crippen LogP contribution is 2.34. The van der Waals surface area contributed by atoms with Crippen molar-refractivity contribution in [3.63, 3.8) is 0 Å². The number of benzene rings is 1. The van der Waals surface area contributed by atoms with E-state index in [4.69, 9.17) is 9.47 Å². The van der Waals surface area contributed by atoms with Crippen LogP contribution >= 0.6 is 11.8 Å². The van der Waals surface area contributed by atoms with Gasteiger partial charge in [0.1, 0.15) is 17.3 Å². The molecule has 7 heteroatoms. The van der Waals surface area contributed by atoms with Crippen molar-refractivity contribution < 1.29 is 13.9 Å². The molecule has 0 aliphatic rings. The summed E-state index contributed by atoms with van der Waals surface area (Å²) >= 11 is 1.38. The van der Waals surface area contributed by atoms with Crippen LogP contribution in [0.1, 0.15) is 11.3 Å². The summed E-state index contributed by atoms with van der Waals surface area (Å²) in [7, 11) is 1.51. The Balaban J connectivity index is 2.56. The minimum Gasteiger partial charge on any atom is -0.467 e. The number of thioether (sulfide) groups is 1. The Labute approximate surface area is 126 Å². The van der Waals surface area contributed by atoms with E-state index < -0.39 is 5.82 Å². The van der Waals surface area contributed by atoms with Gasteiger partial charge in [-0.05, 0) is 37.8 Å². The van der Waals surface area contributed by atoms with Gasteiger partial charge in [0.2, 0.25) is 5.16 Å². The third-order valence-corrected chi connectivity index (χ3v) is 3.33. The van der Waals surface area contributed by atoms with Gasteiger partial charge in [0.25, 0.3) is 0 Å². The second kappa shape index (κ2) is 6.82. The van der Waals surface area contributed by atoms with Crippen LogP contribution < -0.4 is 4.74 Å². The molecule has 5 nitrogen and oxygen atoms in total. The molecule has 0 atom stereocenters.